The molecule has 0 aliphatic heterocycles. The molecule has 1 atom stereocenters. The minimum atomic E-state index is -0.267. The average Bonchev–Trinajstić information content (AvgIpc) is 2.63. The Labute approximate surface area is 112 Å². The molecule has 0 spiro atoms. The van der Waals surface area contributed by atoms with Crippen LogP contribution in [0.15, 0.2) is 18.2 Å². The van der Waals surface area contributed by atoms with Crippen LogP contribution in [0.4, 0.5) is 4.39 Å². The Balaban J connectivity index is 2.68. The van der Waals surface area contributed by atoms with Gasteiger partial charge in [-0.25, -0.2) is 9.37 Å². The van der Waals surface area contributed by atoms with Crippen molar-refractivity contribution in [3.05, 3.63) is 29.8 Å². The molecular formula is C14H18ClFN2. The summed E-state index contributed by atoms with van der Waals surface area (Å²) in [6.07, 6.45) is 0. The van der Waals surface area contributed by atoms with Crippen LogP contribution >= 0.6 is 11.6 Å². The highest BCUT2D eigenvalue weighted by atomic mass is 35.5. The third-order valence-corrected chi connectivity index (χ3v) is 3.72. The minimum Gasteiger partial charge on any atom is -0.324 e. The van der Waals surface area contributed by atoms with Gasteiger partial charge in [-0.1, -0.05) is 20.8 Å². The number of benzene rings is 1. The van der Waals surface area contributed by atoms with Gasteiger partial charge in [0.15, 0.2) is 0 Å². The van der Waals surface area contributed by atoms with Crippen molar-refractivity contribution in [3.63, 3.8) is 0 Å². The Bertz CT molecular complexity index is 569. The van der Waals surface area contributed by atoms with Crippen LogP contribution in [0.3, 0.4) is 0 Å². The number of alkyl halides is 1. The predicted molar refractivity (Wildman–Crippen MR) is 73.4 cm³/mol. The molecule has 0 fully saturated rings. The molecule has 98 valence electrons. The van der Waals surface area contributed by atoms with Gasteiger partial charge in [0, 0.05) is 12.1 Å². The van der Waals surface area contributed by atoms with Gasteiger partial charge in [0.1, 0.15) is 11.6 Å². The van der Waals surface area contributed by atoms with Crippen molar-refractivity contribution in [2.45, 2.75) is 39.6 Å². The zero-order chi connectivity index (χ0) is 13.5. The normalized spacial score (nSPS) is 14.1. The number of rotatable bonds is 2. The number of halogens is 2. The van der Waals surface area contributed by atoms with Crippen molar-refractivity contribution >= 4 is 22.6 Å². The van der Waals surface area contributed by atoms with E-state index in [1.54, 1.807) is 6.07 Å². The van der Waals surface area contributed by atoms with Crippen LogP contribution in [-0.2, 0) is 5.88 Å². The lowest BCUT2D eigenvalue weighted by atomic mass is 9.87. The summed E-state index contributed by atoms with van der Waals surface area (Å²) in [5.74, 6) is 0.855. The van der Waals surface area contributed by atoms with Crippen molar-refractivity contribution in [1.29, 1.82) is 0 Å². The van der Waals surface area contributed by atoms with Crippen LogP contribution in [0.5, 0.6) is 0 Å². The second-order valence-corrected chi connectivity index (χ2v) is 5.97. The Kier molecular flexibility index (Phi) is 3.37. The highest BCUT2D eigenvalue weighted by Crippen LogP contribution is 2.34. The summed E-state index contributed by atoms with van der Waals surface area (Å²) >= 11 is 5.96. The maximum absolute atomic E-state index is 13.2. The molecule has 0 N–H and O–H groups in total. The molecule has 0 bridgehead atoms. The molecule has 0 saturated carbocycles. The summed E-state index contributed by atoms with van der Waals surface area (Å²) in [6.45, 7) is 8.65. The summed E-state index contributed by atoms with van der Waals surface area (Å²) in [5.41, 5.74) is 1.69. The van der Waals surface area contributed by atoms with Crippen LogP contribution in [0.25, 0.3) is 11.0 Å². The summed E-state index contributed by atoms with van der Waals surface area (Å²) in [6, 6.07) is 4.93. The van der Waals surface area contributed by atoms with E-state index in [2.05, 4.69) is 37.2 Å². The highest BCUT2D eigenvalue weighted by molar-refractivity contribution is 6.16. The molecule has 1 unspecified atom stereocenters. The van der Waals surface area contributed by atoms with Crippen LogP contribution in [0.1, 0.15) is 39.6 Å². The third kappa shape index (κ3) is 2.24. The lowest BCUT2D eigenvalue weighted by Gasteiger charge is -2.30. The topological polar surface area (TPSA) is 17.8 Å². The molecule has 0 saturated heterocycles. The van der Waals surface area contributed by atoms with Gasteiger partial charge >= 0.3 is 0 Å². The second-order valence-electron chi connectivity index (χ2n) is 5.71. The van der Waals surface area contributed by atoms with E-state index >= 15 is 0 Å². The first-order chi connectivity index (χ1) is 8.34. The van der Waals surface area contributed by atoms with Gasteiger partial charge in [0.2, 0.25) is 0 Å². The third-order valence-electron chi connectivity index (χ3n) is 3.48. The second kappa shape index (κ2) is 4.54. The average molecular weight is 269 g/mol. The van der Waals surface area contributed by atoms with Gasteiger partial charge in [0.05, 0.1) is 16.9 Å². The van der Waals surface area contributed by atoms with E-state index in [0.29, 0.717) is 11.4 Å². The standard InChI is InChI=1S/C14H18ClFN2/c1-9(14(2,3)4)18-12-6-5-10(16)7-11(12)17-13(18)8-15/h5-7,9H,8H2,1-4H3. The van der Waals surface area contributed by atoms with E-state index in [1.807, 2.05) is 0 Å². The van der Waals surface area contributed by atoms with Crippen molar-refractivity contribution in [3.8, 4) is 0 Å². The summed E-state index contributed by atoms with van der Waals surface area (Å²) in [7, 11) is 0. The number of hydrogen-bond acceptors (Lipinski definition) is 1. The number of fused-ring (bicyclic) bond motifs is 1. The number of imidazole rings is 1. The van der Waals surface area contributed by atoms with Gasteiger partial charge in [-0.2, -0.15) is 0 Å². The molecule has 2 nitrogen and oxygen atoms in total. The first-order valence-electron chi connectivity index (χ1n) is 6.07. The molecule has 1 aromatic heterocycles. The number of aromatic nitrogens is 2. The number of hydrogen-bond donors (Lipinski definition) is 0. The summed E-state index contributed by atoms with van der Waals surface area (Å²) < 4.78 is 15.3. The lowest BCUT2D eigenvalue weighted by Crippen LogP contribution is -2.22. The zero-order valence-electron chi connectivity index (χ0n) is 11.2. The minimum absolute atomic E-state index is 0.0861. The first kappa shape index (κ1) is 13.3. The van der Waals surface area contributed by atoms with Gasteiger partial charge in [-0.3, -0.25) is 0 Å². The van der Waals surface area contributed by atoms with Crippen molar-refractivity contribution in [1.82, 2.24) is 9.55 Å². The van der Waals surface area contributed by atoms with E-state index < -0.39 is 0 Å². The maximum Gasteiger partial charge on any atom is 0.125 e. The Morgan fingerprint density at radius 3 is 2.61 bits per heavy atom. The van der Waals surface area contributed by atoms with Crippen LogP contribution in [0, 0.1) is 11.2 Å². The SMILES string of the molecule is CC(n1c(CCl)nc2cc(F)ccc21)C(C)(C)C. The van der Waals surface area contributed by atoms with E-state index in [1.165, 1.54) is 12.1 Å². The molecule has 1 heterocycles. The van der Waals surface area contributed by atoms with Crippen molar-refractivity contribution in [2.24, 2.45) is 5.41 Å². The Morgan fingerprint density at radius 2 is 2.06 bits per heavy atom. The van der Waals surface area contributed by atoms with Gasteiger partial charge in [-0.05, 0) is 24.5 Å². The van der Waals surface area contributed by atoms with Crippen molar-refractivity contribution < 1.29 is 4.39 Å². The molecule has 0 radical (unpaired) electrons. The van der Waals surface area contributed by atoms with E-state index in [-0.39, 0.29) is 17.3 Å². The molecule has 18 heavy (non-hydrogen) atoms. The maximum atomic E-state index is 13.2. The van der Waals surface area contributed by atoms with Gasteiger partial charge in [-0.15, -0.1) is 11.6 Å². The van der Waals surface area contributed by atoms with E-state index in [9.17, 15) is 4.39 Å². The largest absolute Gasteiger partial charge is 0.324 e. The molecule has 0 aliphatic carbocycles. The molecular weight excluding hydrogens is 251 g/mol. The highest BCUT2D eigenvalue weighted by Gasteiger charge is 2.25. The number of nitrogens with zero attached hydrogens (tertiary/aromatic N) is 2. The molecule has 1 aromatic carbocycles. The Hall–Kier alpha value is -1.09. The van der Waals surface area contributed by atoms with Crippen molar-refractivity contribution in [2.75, 3.05) is 0 Å². The van der Waals surface area contributed by atoms with Crippen LogP contribution in [0.2, 0.25) is 0 Å². The zero-order valence-corrected chi connectivity index (χ0v) is 11.9. The first-order valence-corrected chi connectivity index (χ1v) is 6.60. The Morgan fingerprint density at radius 1 is 1.39 bits per heavy atom. The van der Waals surface area contributed by atoms with E-state index in [4.69, 9.17) is 11.6 Å². The monoisotopic (exact) mass is 268 g/mol. The fourth-order valence-electron chi connectivity index (χ4n) is 2.04. The van der Waals surface area contributed by atoms with Crippen LogP contribution < -0.4 is 0 Å². The van der Waals surface area contributed by atoms with Crippen LogP contribution in [-0.4, -0.2) is 9.55 Å². The summed E-state index contributed by atoms with van der Waals surface area (Å²) in [5, 5.41) is 0. The molecule has 2 rings (SSSR count). The molecule has 0 aliphatic rings. The fourth-order valence-corrected chi connectivity index (χ4v) is 2.22. The lowest BCUT2D eigenvalue weighted by molar-refractivity contribution is 0.264. The molecule has 4 heteroatoms. The fraction of sp³-hybridized carbons (Fsp3) is 0.500. The summed E-state index contributed by atoms with van der Waals surface area (Å²) in [4.78, 5) is 4.42. The van der Waals surface area contributed by atoms with E-state index in [0.717, 1.165) is 11.3 Å². The predicted octanol–water partition coefficient (Wildman–Crippen LogP) is 4.52. The molecule has 2 aromatic rings. The quantitative estimate of drug-likeness (QED) is 0.732. The smallest absolute Gasteiger partial charge is 0.125 e. The van der Waals surface area contributed by atoms with Gasteiger partial charge < -0.3 is 4.57 Å². The van der Waals surface area contributed by atoms with Gasteiger partial charge in [0.25, 0.3) is 0 Å². The molecule has 0 amide bonds.